The summed E-state index contributed by atoms with van der Waals surface area (Å²) in [5, 5.41) is 17.1. The van der Waals surface area contributed by atoms with Gasteiger partial charge in [-0.25, -0.2) is 0 Å². The SMILES string of the molecule is CNCC(C)(O)c1c(OC)cnn1C. The molecule has 14 heavy (non-hydrogen) atoms. The summed E-state index contributed by atoms with van der Waals surface area (Å²) < 4.78 is 6.75. The van der Waals surface area contributed by atoms with Crippen molar-refractivity contribution >= 4 is 0 Å². The van der Waals surface area contributed by atoms with Gasteiger partial charge in [0.25, 0.3) is 0 Å². The zero-order chi connectivity index (χ0) is 10.8. The summed E-state index contributed by atoms with van der Waals surface area (Å²) in [5.41, 5.74) is -0.305. The molecule has 0 aliphatic carbocycles. The summed E-state index contributed by atoms with van der Waals surface area (Å²) in [4.78, 5) is 0. The van der Waals surface area contributed by atoms with Crippen molar-refractivity contribution in [3.63, 3.8) is 0 Å². The molecule has 0 bridgehead atoms. The van der Waals surface area contributed by atoms with Crippen molar-refractivity contribution in [3.05, 3.63) is 11.9 Å². The Hall–Kier alpha value is -1.07. The third-order valence-electron chi connectivity index (χ3n) is 2.16. The molecule has 1 aromatic heterocycles. The van der Waals surface area contributed by atoms with E-state index >= 15 is 0 Å². The lowest BCUT2D eigenvalue weighted by molar-refractivity contribution is 0.0480. The van der Waals surface area contributed by atoms with Gasteiger partial charge in [0.2, 0.25) is 0 Å². The van der Waals surface area contributed by atoms with E-state index in [9.17, 15) is 5.11 Å². The predicted molar refractivity (Wildman–Crippen MR) is 53.3 cm³/mol. The van der Waals surface area contributed by atoms with Gasteiger partial charge in [0.05, 0.1) is 13.3 Å². The summed E-state index contributed by atoms with van der Waals surface area (Å²) in [6.45, 7) is 2.17. The first-order valence-electron chi connectivity index (χ1n) is 4.46. The van der Waals surface area contributed by atoms with Gasteiger partial charge in [-0.2, -0.15) is 5.10 Å². The number of nitrogens with zero attached hydrogens (tertiary/aromatic N) is 2. The molecule has 0 aliphatic rings. The van der Waals surface area contributed by atoms with E-state index in [4.69, 9.17) is 4.74 Å². The summed E-state index contributed by atoms with van der Waals surface area (Å²) in [7, 11) is 5.13. The fourth-order valence-corrected chi connectivity index (χ4v) is 1.61. The number of aliphatic hydroxyl groups is 1. The Morgan fingerprint density at radius 1 is 1.71 bits per heavy atom. The lowest BCUT2D eigenvalue weighted by Crippen LogP contribution is -2.35. The maximum absolute atomic E-state index is 10.2. The van der Waals surface area contributed by atoms with E-state index in [1.165, 1.54) is 0 Å². The molecule has 0 radical (unpaired) electrons. The Morgan fingerprint density at radius 3 is 2.86 bits per heavy atom. The number of aromatic nitrogens is 2. The minimum atomic E-state index is -0.981. The molecule has 0 fully saturated rings. The van der Waals surface area contributed by atoms with Gasteiger partial charge in [-0.1, -0.05) is 0 Å². The summed E-state index contributed by atoms with van der Waals surface area (Å²) in [6.07, 6.45) is 1.60. The molecule has 1 aromatic rings. The molecule has 5 nitrogen and oxygen atoms in total. The molecular formula is C9H17N3O2. The van der Waals surface area contributed by atoms with E-state index in [0.717, 1.165) is 0 Å². The van der Waals surface area contributed by atoms with Crippen molar-refractivity contribution < 1.29 is 9.84 Å². The topological polar surface area (TPSA) is 59.3 Å². The molecule has 0 aromatic carbocycles. The van der Waals surface area contributed by atoms with Crippen molar-refractivity contribution in [1.29, 1.82) is 0 Å². The largest absolute Gasteiger partial charge is 0.493 e. The second kappa shape index (κ2) is 3.98. The molecule has 0 saturated carbocycles. The molecule has 1 rings (SSSR count). The first kappa shape index (κ1) is 11.0. The Morgan fingerprint density at radius 2 is 2.36 bits per heavy atom. The summed E-state index contributed by atoms with van der Waals surface area (Å²) in [5.74, 6) is 0.604. The highest BCUT2D eigenvalue weighted by molar-refractivity contribution is 5.30. The second-order valence-corrected chi connectivity index (χ2v) is 3.49. The van der Waals surface area contributed by atoms with Crippen molar-refractivity contribution in [2.45, 2.75) is 12.5 Å². The van der Waals surface area contributed by atoms with E-state index in [0.29, 0.717) is 18.0 Å². The van der Waals surface area contributed by atoms with Crippen LogP contribution in [0.1, 0.15) is 12.6 Å². The van der Waals surface area contributed by atoms with Gasteiger partial charge in [-0.05, 0) is 14.0 Å². The normalized spacial score (nSPS) is 15.2. The van der Waals surface area contributed by atoms with E-state index in [2.05, 4.69) is 10.4 Å². The van der Waals surface area contributed by atoms with Crippen LogP contribution in [0.15, 0.2) is 6.20 Å². The third kappa shape index (κ3) is 1.88. The van der Waals surface area contributed by atoms with Crippen LogP contribution >= 0.6 is 0 Å². The lowest BCUT2D eigenvalue weighted by atomic mass is 10.0. The fourth-order valence-electron chi connectivity index (χ4n) is 1.61. The quantitative estimate of drug-likeness (QED) is 0.708. The predicted octanol–water partition coefficient (Wildman–Crippen LogP) is -0.144. The van der Waals surface area contributed by atoms with E-state index < -0.39 is 5.60 Å². The van der Waals surface area contributed by atoms with Crippen molar-refractivity contribution in [2.24, 2.45) is 7.05 Å². The van der Waals surface area contributed by atoms with Crippen molar-refractivity contribution in [1.82, 2.24) is 15.1 Å². The molecule has 80 valence electrons. The molecule has 1 atom stereocenters. The van der Waals surface area contributed by atoms with Gasteiger partial charge in [0.1, 0.15) is 11.3 Å². The first-order valence-corrected chi connectivity index (χ1v) is 4.46. The number of rotatable bonds is 4. The monoisotopic (exact) mass is 199 g/mol. The average Bonchev–Trinajstić information content (AvgIpc) is 2.47. The highest BCUT2D eigenvalue weighted by atomic mass is 16.5. The number of likely N-dealkylation sites (N-methyl/N-ethyl adjacent to an activating group) is 1. The zero-order valence-corrected chi connectivity index (χ0v) is 9.03. The van der Waals surface area contributed by atoms with Crippen molar-refractivity contribution in [2.75, 3.05) is 20.7 Å². The maximum Gasteiger partial charge on any atom is 0.162 e. The molecule has 0 saturated heterocycles. The number of hydrogen-bond acceptors (Lipinski definition) is 4. The van der Waals surface area contributed by atoms with Gasteiger partial charge < -0.3 is 15.2 Å². The van der Waals surface area contributed by atoms with Crippen LogP contribution in [0.3, 0.4) is 0 Å². The Kier molecular flexibility index (Phi) is 3.13. The maximum atomic E-state index is 10.2. The van der Waals surface area contributed by atoms with Gasteiger partial charge in [0.15, 0.2) is 5.75 Å². The number of methoxy groups -OCH3 is 1. The molecule has 1 heterocycles. The van der Waals surface area contributed by atoms with Crippen LogP contribution in [0.2, 0.25) is 0 Å². The molecule has 0 spiro atoms. The number of nitrogens with one attached hydrogen (secondary N) is 1. The minimum Gasteiger partial charge on any atom is -0.493 e. The molecule has 1 unspecified atom stereocenters. The number of ether oxygens (including phenoxy) is 1. The molecule has 0 amide bonds. The van der Waals surface area contributed by atoms with Gasteiger partial charge >= 0.3 is 0 Å². The molecule has 2 N–H and O–H groups in total. The highest BCUT2D eigenvalue weighted by Crippen LogP contribution is 2.28. The number of aryl methyl sites for hydroxylation is 1. The van der Waals surface area contributed by atoms with Gasteiger partial charge in [-0.3, -0.25) is 4.68 Å². The third-order valence-corrected chi connectivity index (χ3v) is 2.16. The molecule has 5 heteroatoms. The van der Waals surface area contributed by atoms with Crippen LogP contribution in [-0.2, 0) is 12.6 Å². The minimum absolute atomic E-state index is 0.447. The van der Waals surface area contributed by atoms with Crippen LogP contribution in [0.25, 0.3) is 0 Å². The zero-order valence-electron chi connectivity index (χ0n) is 9.03. The van der Waals surface area contributed by atoms with Crippen LogP contribution in [0, 0.1) is 0 Å². The van der Waals surface area contributed by atoms with Crippen LogP contribution in [0.4, 0.5) is 0 Å². The van der Waals surface area contributed by atoms with Gasteiger partial charge in [-0.15, -0.1) is 0 Å². The first-order chi connectivity index (χ1) is 6.53. The van der Waals surface area contributed by atoms with Crippen molar-refractivity contribution in [3.8, 4) is 5.75 Å². The van der Waals surface area contributed by atoms with E-state index in [-0.39, 0.29) is 0 Å². The summed E-state index contributed by atoms with van der Waals surface area (Å²) >= 11 is 0. The lowest BCUT2D eigenvalue weighted by Gasteiger charge is -2.23. The Bertz CT molecular complexity index is 307. The second-order valence-electron chi connectivity index (χ2n) is 3.49. The summed E-state index contributed by atoms with van der Waals surface area (Å²) in [6, 6.07) is 0. The standard InChI is InChI=1S/C9H17N3O2/c1-9(13,6-10-2)8-7(14-4)5-11-12(8)3/h5,10,13H,6H2,1-4H3. The molecule has 0 aliphatic heterocycles. The number of hydrogen-bond donors (Lipinski definition) is 2. The van der Waals surface area contributed by atoms with E-state index in [1.807, 2.05) is 0 Å². The average molecular weight is 199 g/mol. The van der Waals surface area contributed by atoms with E-state index in [1.54, 1.807) is 39.0 Å². The fraction of sp³-hybridized carbons (Fsp3) is 0.667. The Labute approximate surface area is 83.7 Å². The Balaban J connectivity index is 3.08. The van der Waals surface area contributed by atoms with Crippen LogP contribution in [-0.4, -0.2) is 35.6 Å². The smallest absolute Gasteiger partial charge is 0.162 e. The molecular weight excluding hydrogens is 182 g/mol. The van der Waals surface area contributed by atoms with Crippen LogP contribution < -0.4 is 10.1 Å². The van der Waals surface area contributed by atoms with Crippen LogP contribution in [0.5, 0.6) is 5.75 Å². The highest BCUT2D eigenvalue weighted by Gasteiger charge is 2.29. The van der Waals surface area contributed by atoms with Gasteiger partial charge in [0, 0.05) is 13.6 Å².